The molecule has 0 radical (unpaired) electrons. The van der Waals surface area contributed by atoms with Gasteiger partial charge in [-0.1, -0.05) is 30.9 Å². The van der Waals surface area contributed by atoms with Gasteiger partial charge in [0, 0.05) is 67.9 Å². The van der Waals surface area contributed by atoms with Gasteiger partial charge in [0.2, 0.25) is 0 Å². The minimum atomic E-state index is -0.0276. The fourth-order valence-electron chi connectivity index (χ4n) is 6.21. The smallest absolute Gasteiger partial charge is 0.317 e. The Labute approximate surface area is 217 Å². The zero-order chi connectivity index (χ0) is 24.8. The van der Waals surface area contributed by atoms with Gasteiger partial charge in [0.15, 0.2) is 5.82 Å². The van der Waals surface area contributed by atoms with Gasteiger partial charge >= 0.3 is 6.03 Å². The number of carbonyl (C=O) groups is 1. The molecule has 36 heavy (non-hydrogen) atoms. The molecule has 1 fully saturated rings. The lowest BCUT2D eigenvalue weighted by Crippen LogP contribution is -2.42. The highest BCUT2D eigenvalue weighted by Gasteiger charge is 2.34. The van der Waals surface area contributed by atoms with Crippen LogP contribution >= 0.6 is 11.6 Å². The minimum Gasteiger partial charge on any atom is -0.341 e. The predicted molar refractivity (Wildman–Crippen MR) is 142 cm³/mol. The SMILES string of the molecule is CNC(=O)N1CCc2c(c(N3CCCc4cc(-c5cnn(C)c5)c(Cl)cc43)nn2C2CCCCC2)C1. The fourth-order valence-corrected chi connectivity index (χ4v) is 6.48. The number of hydrogen-bond acceptors (Lipinski definition) is 4. The number of nitrogens with one attached hydrogen (secondary N) is 1. The predicted octanol–water partition coefficient (Wildman–Crippen LogP) is 5.22. The van der Waals surface area contributed by atoms with E-state index in [0.717, 1.165) is 60.0 Å². The van der Waals surface area contributed by atoms with Gasteiger partial charge in [0.05, 0.1) is 23.8 Å². The Hall–Kier alpha value is -3.00. The van der Waals surface area contributed by atoms with Crippen LogP contribution in [0, 0.1) is 0 Å². The molecular formula is C27H34ClN7O. The quantitative estimate of drug-likeness (QED) is 0.527. The van der Waals surface area contributed by atoms with Gasteiger partial charge in [0.1, 0.15) is 0 Å². The van der Waals surface area contributed by atoms with Gasteiger partial charge in [-0.25, -0.2) is 4.79 Å². The molecule has 0 atom stereocenters. The molecule has 1 aromatic carbocycles. The van der Waals surface area contributed by atoms with Crippen LogP contribution in [0.4, 0.5) is 16.3 Å². The van der Waals surface area contributed by atoms with Crippen LogP contribution in [0.2, 0.25) is 5.02 Å². The Morgan fingerprint density at radius 2 is 1.94 bits per heavy atom. The Morgan fingerprint density at radius 1 is 1.11 bits per heavy atom. The van der Waals surface area contributed by atoms with Gasteiger partial charge in [-0.3, -0.25) is 9.36 Å². The first kappa shape index (κ1) is 23.4. The van der Waals surface area contributed by atoms with Crippen molar-refractivity contribution >= 4 is 29.1 Å². The van der Waals surface area contributed by atoms with Crippen molar-refractivity contribution in [2.75, 3.05) is 25.0 Å². The van der Waals surface area contributed by atoms with E-state index in [4.69, 9.17) is 16.7 Å². The lowest BCUT2D eigenvalue weighted by molar-refractivity contribution is 0.193. The number of benzene rings is 1. The molecule has 190 valence electrons. The Morgan fingerprint density at radius 3 is 2.69 bits per heavy atom. The molecule has 0 spiro atoms. The standard InChI is InChI=1S/C27H34ClN7O/c1-29-27(36)33-12-10-24-22(17-33)26(31-35(24)20-8-4-3-5-9-20)34-11-6-7-18-13-21(23(28)14-25(18)34)19-15-30-32(2)16-19/h13-16,20H,3-12,17H2,1-2H3,(H,29,36). The summed E-state index contributed by atoms with van der Waals surface area (Å²) in [4.78, 5) is 16.8. The highest BCUT2D eigenvalue weighted by atomic mass is 35.5. The molecule has 3 aromatic rings. The van der Waals surface area contributed by atoms with Gasteiger partial charge in [-0.2, -0.15) is 10.2 Å². The van der Waals surface area contributed by atoms with Crippen LogP contribution in [0.15, 0.2) is 24.5 Å². The van der Waals surface area contributed by atoms with E-state index in [-0.39, 0.29) is 6.03 Å². The molecule has 1 aliphatic carbocycles. The largest absolute Gasteiger partial charge is 0.341 e. The van der Waals surface area contributed by atoms with Crippen molar-refractivity contribution < 1.29 is 4.79 Å². The number of nitrogens with zero attached hydrogens (tertiary/aromatic N) is 6. The number of urea groups is 1. The number of aryl methyl sites for hydroxylation is 2. The second-order valence-corrected chi connectivity index (χ2v) is 10.7. The fraction of sp³-hybridized carbons (Fsp3) is 0.519. The summed E-state index contributed by atoms with van der Waals surface area (Å²) in [6.45, 7) is 2.20. The highest BCUT2D eigenvalue weighted by molar-refractivity contribution is 6.33. The van der Waals surface area contributed by atoms with Crippen molar-refractivity contribution in [1.82, 2.24) is 29.8 Å². The normalized spacial score (nSPS) is 18.2. The minimum absolute atomic E-state index is 0.0276. The third kappa shape index (κ3) is 4.05. The second kappa shape index (κ2) is 9.47. The van der Waals surface area contributed by atoms with Crippen LogP contribution in [-0.2, 0) is 26.4 Å². The molecule has 4 heterocycles. The van der Waals surface area contributed by atoms with Crippen molar-refractivity contribution in [3.8, 4) is 11.1 Å². The molecule has 1 N–H and O–H groups in total. The Balaban J connectivity index is 1.43. The summed E-state index contributed by atoms with van der Waals surface area (Å²) < 4.78 is 4.13. The maximum atomic E-state index is 12.5. The van der Waals surface area contributed by atoms with Gasteiger partial charge in [-0.15, -0.1) is 0 Å². The van der Waals surface area contributed by atoms with Crippen molar-refractivity contribution in [1.29, 1.82) is 0 Å². The van der Waals surface area contributed by atoms with E-state index in [1.165, 1.54) is 48.9 Å². The Bertz CT molecular complexity index is 1290. The molecule has 8 nitrogen and oxygen atoms in total. The van der Waals surface area contributed by atoms with Gasteiger partial charge < -0.3 is 15.1 Å². The molecular weight excluding hydrogens is 474 g/mol. The number of fused-ring (bicyclic) bond motifs is 2. The number of halogens is 1. The number of anilines is 2. The number of carbonyl (C=O) groups excluding carboxylic acids is 1. The maximum Gasteiger partial charge on any atom is 0.317 e. The number of rotatable bonds is 3. The van der Waals surface area contributed by atoms with E-state index in [1.807, 2.05) is 24.3 Å². The van der Waals surface area contributed by atoms with Crippen LogP contribution in [0.1, 0.15) is 61.4 Å². The average molecular weight is 508 g/mol. The van der Waals surface area contributed by atoms with E-state index < -0.39 is 0 Å². The van der Waals surface area contributed by atoms with Gasteiger partial charge in [-0.05, 0) is 43.4 Å². The van der Waals surface area contributed by atoms with E-state index in [9.17, 15) is 4.79 Å². The Kier molecular flexibility index (Phi) is 6.15. The third-order valence-electron chi connectivity index (χ3n) is 8.04. The van der Waals surface area contributed by atoms with Crippen LogP contribution in [0.3, 0.4) is 0 Å². The second-order valence-electron chi connectivity index (χ2n) is 10.3. The summed E-state index contributed by atoms with van der Waals surface area (Å²) in [6, 6.07) is 4.75. The van der Waals surface area contributed by atoms with Crippen LogP contribution < -0.4 is 10.2 Å². The van der Waals surface area contributed by atoms with Crippen molar-refractivity contribution in [3.63, 3.8) is 0 Å². The first-order valence-electron chi connectivity index (χ1n) is 13.2. The van der Waals surface area contributed by atoms with E-state index in [1.54, 1.807) is 11.7 Å². The lowest BCUT2D eigenvalue weighted by atomic mass is 9.94. The summed E-state index contributed by atoms with van der Waals surface area (Å²) in [5, 5.41) is 13.2. The van der Waals surface area contributed by atoms with Gasteiger partial charge in [0.25, 0.3) is 0 Å². The van der Waals surface area contributed by atoms with Crippen LogP contribution in [-0.4, -0.2) is 50.6 Å². The highest BCUT2D eigenvalue weighted by Crippen LogP contribution is 2.43. The van der Waals surface area contributed by atoms with Crippen molar-refractivity contribution in [2.24, 2.45) is 7.05 Å². The molecule has 3 aliphatic rings. The molecule has 6 rings (SSSR count). The first-order valence-corrected chi connectivity index (χ1v) is 13.6. The topological polar surface area (TPSA) is 71.2 Å². The molecule has 0 unspecified atom stereocenters. The first-order chi connectivity index (χ1) is 17.5. The summed E-state index contributed by atoms with van der Waals surface area (Å²) in [7, 11) is 3.62. The maximum absolute atomic E-state index is 12.5. The van der Waals surface area contributed by atoms with E-state index >= 15 is 0 Å². The molecule has 2 aliphatic heterocycles. The van der Waals surface area contributed by atoms with E-state index in [2.05, 4.69) is 32.1 Å². The monoisotopic (exact) mass is 507 g/mol. The molecule has 0 saturated heterocycles. The molecule has 1 saturated carbocycles. The van der Waals surface area contributed by atoms with Crippen molar-refractivity contribution in [2.45, 2.75) is 64.0 Å². The summed E-state index contributed by atoms with van der Waals surface area (Å²) in [5.41, 5.74) is 6.96. The summed E-state index contributed by atoms with van der Waals surface area (Å²) in [6.07, 6.45) is 13.0. The number of amides is 2. The average Bonchev–Trinajstić information content (AvgIpc) is 3.51. The molecule has 0 bridgehead atoms. The third-order valence-corrected chi connectivity index (χ3v) is 8.36. The lowest BCUT2D eigenvalue weighted by Gasteiger charge is -2.33. The summed E-state index contributed by atoms with van der Waals surface area (Å²) >= 11 is 6.86. The zero-order valence-electron chi connectivity index (χ0n) is 21.1. The molecule has 2 aromatic heterocycles. The number of hydrogen-bond donors (Lipinski definition) is 1. The van der Waals surface area contributed by atoms with Crippen LogP contribution in [0.25, 0.3) is 11.1 Å². The van der Waals surface area contributed by atoms with E-state index in [0.29, 0.717) is 12.6 Å². The molecule has 2 amide bonds. The summed E-state index contributed by atoms with van der Waals surface area (Å²) in [5.74, 6) is 0.996. The van der Waals surface area contributed by atoms with Crippen molar-refractivity contribution in [3.05, 3.63) is 46.4 Å². The number of aromatic nitrogens is 4. The van der Waals surface area contributed by atoms with Crippen LogP contribution in [0.5, 0.6) is 0 Å². The molecule has 9 heteroatoms. The zero-order valence-corrected chi connectivity index (χ0v) is 21.9.